The molecular formula is C15H18N2O2. The van der Waals surface area contributed by atoms with Crippen LogP contribution >= 0.6 is 0 Å². The van der Waals surface area contributed by atoms with E-state index in [1.807, 2.05) is 49.5 Å². The van der Waals surface area contributed by atoms with Gasteiger partial charge in [-0.15, -0.1) is 0 Å². The van der Waals surface area contributed by atoms with Gasteiger partial charge < -0.3 is 15.4 Å². The molecular weight excluding hydrogens is 240 g/mol. The number of likely N-dealkylation sites (N-methyl/N-ethyl adjacent to an activating group) is 1. The van der Waals surface area contributed by atoms with E-state index in [0.29, 0.717) is 12.3 Å². The van der Waals surface area contributed by atoms with E-state index in [1.165, 1.54) is 0 Å². The third kappa shape index (κ3) is 3.96. The van der Waals surface area contributed by atoms with Crippen molar-refractivity contribution in [2.45, 2.75) is 0 Å². The summed E-state index contributed by atoms with van der Waals surface area (Å²) in [5.74, 6) is 0.603. The highest BCUT2D eigenvalue weighted by atomic mass is 16.5. The maximum Gasteiger partial charge on any atom is 0.257 e. The summed E-state index contributed by atoms with van der Waals surface area (Å²) < 4.78 is 5.47. The largest absolute Gasteiger partial charge is 0.484 e. The van der Waals surface area contributed by atoms with Gasteiger partial charge in [-0.25, -0.2) is 0 Å². The molecule has 0 radical (unpaired) electrons. The number of amides is 1. The van der Waals surface area contributed by atoms with E-state index in [-0.39, 0.29) is 12.5 Å². The lowest BCUT2D eigenvalue weighted by atomic mass is 10.1. The maximum atomic E-state index is 11.5. The van der Waals surface area contributed by atoms with Gasteiger partial charge in [-0.2, -0.15) is 0 Å². The summed E-state index contributed by atoms with van der Waals surface area (Å²) >= 11 is 0. The third-order valence-corrected chi connectivity index (χ3v) is 2.79. The fourth-order valence-corrected chi connectivity index (χ4v) is 1.78. The maximum absolute atomic E-state index is 11.5. The van der Waals surface area contributed by atoms with Crippen molar-refractivity contribution >= 4 is 16.7 Å². The minimum atomic E-state index is -0.108. The van der Waals surface area contributed by atoms with Crippen molar-refractivity contribution in [3.05, 3.63) is 42.5 Å². The second-order valence-corrected chi connectivity index (χ2v) is 4.25. The van der Waals surface area contributed by atoms with E-state index in [2.05, 4.69) is 10.6 Å². The van der Waals surface area contributed by atoms with Gasteiger partial charge in [0.25, 0.3) is 5.91 Å². The Hall–Kier alpha value is -2.07. The normalized spacial score (nSPS) is 10.4. The standard InChI is InChI=1S/C15H18N2O2/c1-16-8-9-17-15(18)11-19-14-7-6-12-4-2-3-5-13(12)10-14/h2-7,10,16H,8-9,11H2,1H3,(H,17,18). The van der Waals surface area contributed by atoms with Crippen LogP contribution in [0, 0.1) is 0 Å². The molecule has 100 valence electrons. The topological polar surface area (TPSA) is 50.4 Å². The first-order valence-corrected chi connectivity index (χ1v) is 6.32. The Morgan fingerprint density at radius 1 is 1.11 bits per heavy atom. The van der Waals surface area contributed by atoms with Crippen LogP contribution in [0.1, 0.15) is 0 Å². The van der Waals surface area contributed by atoms with Gasteiger partial charge in [0.2, 0.25) is 0 Å². The van der Waals surface area contributed by atoms with Gasteiger partial charge in [-0.1, -0.05) is 30.3 Å². The van der Waals surface area contributed by atoms with Crippen LogP contribution in [-0.4, -0.2) is 32.7 Å². The smallest absolute Gasteiger partial charge is 0.257 e. The quantitative estimate of drug-likeness (QED) is 0.773. The second-order valence-electron chi connectivity index (χ2n) is 4.25. The lowest BCUT2D eigenvalue weighted by Gasteiger charge is -2.08. The molecule has 2 rings (SSSR count). The van der Waals surface area contributed by atoms with Crippen molar-refractivity contribution in [2.24, 2.45) is 0 Å². The summed E-state index contributed by atoms with van der Waals surface area (Å²) in [7, 11) is 1.84. The molecule has 2 aromatic carbocycles. The lowest BCUT2D eigenvalue weighted by Crippen LogP contribution is -2.33. The minimum absolute atomic E-state index is 0.0437. The van der Waals surface area contributed by atoms with Crippen LogP contribution in [0.25, 0.3) is 10.8 Å². The van der Waals surface area contributed by atoms with Crippen molar-refractivity contribution in [2.75, 3.05) is 26.7 Å². The van der Waals surface area contributed by atoms with Crippen LogP contribution in [0.3, 0.4) is 0 Å². The van der Waals surface area contributed by atoms with E-state index >= 15 is 0 Å². The average Bonchev–Trinajstić information content (AvgIpc) is 2.45. The molecule has 2 aromatic rings. The van der Waals surface area contributed by atoms with E-state index in [4.69, 9.17) is 4.74 Å². The molecule has 0 atom stereocenters. The van der Waals surface area contributed by atoms with Gasteiger partial charge in [0, 0.05) is 13.1 Å². The number of fused-ring (bicyclic) bond motifs is 1. The molecule has 4 heteroatoms. The lowest BCUT2D eigenvalue weighted by molar-refractivity contribution is -0.123. The van der Waals surface area contributed by atoms with Crippen molar-refractivity contribution in [1.82, 2.24) is 10.6 Å². The number of ether oxygens (including phenoxy) is 1. The number of hydrogen-bond donors (Lipinski definition) is 2. The van der Waals surface area contributed by atoms with Crippen LogP contribution in [-0.2, 0) is 4.79 Å². The fourth-order valence-electron chi connectivity index (χ4n) is 1.78. The highest BCUT2D eigenvalue weighted by molar-refractivity contribution is 5.84. The average molecular weight is 258 g/mol. The van der Waals surface area contributed by atoms with Gasteiger partial charge >= 0.3 is 0 Å². The molecule has 0 heterocycles. The summed E-state index contributed by atoms with van der Waals surface area (Å²) in [5, 5.41) is 7.99. The number of nitrogens with one attached hydrogen (secondary N) is 2. The molecule has 0 aliphatic rings. The van der Waals surface area contributed by atoms with Crippen molar-refractivity contribution < 1.29 is 9.53 Å². The zero-order chi connectivity index (χ0) is 13.5. The van der Waals surface area contributed by atoms with Gasteiger partial charge in [0.1, 0.15) is 5.75 Å². The molecule has 1 amide bonds. The Labute approximate surface area is 112 Å². The number of hydrogen-bond acceptors (Lipinski definition) is 3. The third-order valence-electron chi connectivity index (χ3n) is 2.79. The molecule has 2 N–H and O–H groups in total. The van der Waals surface area contributed by atoms with Crippen molar-refractivity contribution in [1.29, 1.82) is 0 Å². The predicted molar refractivity (Wildman–Crippen MR) is 76.4 cm³/mol. The van der Waals surface area contributed by atoms with E-state index in [0.717, 1.165) is 17.3 Å². The van der Waals surface area contributed by atoms with Crippen LogP contribution < -0.4 is 15.4 Å². The van der Waals surface area contributed by atoms with E-state index in [1.54, 1.807) is 0 Å². The number of benzene rings is 2. The van der Waals surface area contributed by atoms with Crippen LogP contribution in [0.15, 0.2) is 42.5 Å². The fraction of sp³-hybridized carbons (Fsp3) is 0.267. The number of carbonyl (C=O) groups excluding carboxylic acids is 1. The molecule has 0 fully saturated rings. The molecule has 0 bridgehead atoms. The Kier molecular flexibility index (Phi) is 4.75. The number of carbonyl (C=O) groups is 1. The van der Waals surface area contributed by atoms with Crippen molar-refractivity contribution in [3.8, 4) is 5.75 Å². The minimum Gasteiger partial charge on any atom is -0.484 e. The Bertz CT molecular complexity index is 555. The van der Waals surface area contributed by atoms with Crippen LogP contribution in [0.2, 0.25) is 0 Å². The summed E-state index contributed by atoms with van der Waals surface area (Å²) in [5.41, 5.74) is 0. The predicted octanol–water partition coefficient (Wildman–Crippen LogP) is 1.55. The highest BCUT2D eigenvalue weighted by Gasteiger charge is 2.02. The SMILES string of the molecule is CNCCNC(=O)COc1ccc2ccccc2c1. The molecule has 0 saturated carbocycles. The van der Waals surface area contributed by atoms with E-state index in [9.17, 15) is 4.79 Å². The molecule has 0 unspecified atom stereocenters. The molecule has 0 spiro atoms. The van der Waals surface area contributed by atoms with Crippen LogP contribution in [0.4, 0.5) is 0 Å². The molecule has 19 heavy (non-hydrogen) atoms. The zero-order valence-corrected chi connectivity index (χ0v) is 11.0. The molecule has 0 aromatic heterocycles. The molecule has 0 aliphatic carbocycles. The first-order valence-electron chi connectivity index (χ1n) is 6.32. The zero-order valence-electron chi connectivity index (χ0n) is 11.0. The van der Waals surface area contributed by atoms with Gasteiger partial charge in [0.05, 0.1) is 0 Å². The summed E-state index contributed by atoms with van der Waals surface area (Å²) in [6.07, 6.45) is 0. The Morgan fingerprint density at radius 2 is 1.89 bits per heavy atom. The first-order chi connectivity index (χ1) is 9.29. The van der Waals surface area contributed by atoms with E-state index < -0.39 is 0 Å². The highest BCUT2D eigenvalue weighted by Crippen LogP contribution is 2.20. The van der Waals surface area contributed by atoms with Crippen LogP contribution in [0.5, 0.6) is 5.75 Å². The van der Waals surface area contributed by atoms with Gasteiger partial charge in [-0.3, -0.25) is 4.79 Å². The monoisotopic (exact) mass is 258 g/mol. The number of rotatable bonds is 6. The molecule has 4 nitrogen and oxygen atoms in total. The second kappa shape index (κ2) is 6.75. The van der Waals surface area contributed by atoms with Gasteiger partial charge in [0.15, 0.2) is 6.61 Å². The first kappa shape index (κ1) is 13.4. The summed E-state index contributed by atoms with van der Waals surface area (Å²) in [4.78, 5) is 11.5. The summed E-state index contributed by atoms with van der Waals surface area (Å²) in [6, 6.07) is 13.9. The Morgan fingerprint density at radius 3 is 2.68 bits per heavy atom. The molecule has 0 saturated heterocycles. The summed E-state index contributed by atoms with van der Waals surface area (Å²) in [6.45, 7) is 1.40. The Balaban J connectivity index is 1.89. The van der Waals surface area contributed by atoms with Gasteiger partial charge in [-0.05, 0) is 30.0 Å². The van der Waals surface area contributed by atoms with Crippen molar-refractivity contribution in [3.63, 3.8) is 0 Å². The molecule has 0 aliphatic heterocycles.